The van der Waals surface area contributed by atoms with Gasteiger partial charge in [0.05, 0.1) is 5.69 Å². The summed E-state index contributed by atoms with van der Waals surface area (Å²) in [6.45, 7) is 3.75. The largest absolute Gasteiger partial charge is 0.347 e. The normalized spacial score (nSPS) is 18.2. The van der Waals surface area contributed by atoms with Gasteiger partial charge in [0.25, 0.3) is 0 Å². The van der Waals surface area contributed by atoms with E-state index in [0.29, 0.717) is 32.0 Å². The zero-order valence-electron chi connectivity index (χ0n) is 18.9. The van der Waals surface area contributed by atoms with E-state index in [1.165, 1.54) is 12.1 Å². The predicted octanol–water partition coefficient (Wildman–Crippen LogP) is 3.07. The molecule has 2 aliphatic rings. The Morgan fingerprint density at radius 1 is 1.16 bits per heavy atom. The van der Waals surface area contributed by atoms with Gasteiger partial charge >= 0.3 is 0 Å². The number of piperidine rings is 1. The highest BCUT2D eigenvalue weighted by molar-refractivity contribution is 5.88. The second-order valence-corrected chi connectivity index (χ2v) is 8.84. The van der Waals surface area contributed by atoms with Crippen LogP contribution in [-0.4, -0.2) is 71.4 Å². The van der Waals surface area contributed by atoms with Crippen LogP contribution < -0.4 is 4.90 Å². The summed E-state index contributed by atoms with van der Waals surface area (Å²) in [7, 11) is 3.80. The van der Waals surface area contributed by atoms with Gasteiger partial charge in [-0.2, -0.15) is 0 Å². The van der Waals surface area contributed by atoms with Gasteiger partial charge in [-0.1, -0.05) is 12.1 Å². The summed E-state index contributed by atoms with van der Waals surface area (Å²) in [5.41, 5.74) is 2.72. The molecule has 1 atom stereocenters. The van der Waals surface area contributed by atoms with Crippen molar-refractivity contribution in [1.29, 1.82) is 0 Å². The van der Waals surface area contributed by atoms with E-state index in [2.05, 4.69) is 4.98 Å². The van der Waals surface area contributed by atoms with E-state index < -0.39 is 6.04 Å². The number of rotatable bonds is 5. The molecular formula is C24H30FN5O2. The number of likely N-dealkylation sites (tertiary alicyclic amines) is 2. The van der Waals surface area contributed by atoms with Gasteiger partial charge < -0.3 is 14.7 Å². The van der Waals surface area contributed by atoms with Crippen molar-refractivity contribution in [2.75, 3.05) is 38.6 Å². The third-order valence-corrected chi connectivity index (χ3v) is 6.49. The zero-order chi connectivity index (χ0) is 22.8. The third kappa shape index (κ3) is 4.45. The van der Waals surface area contributed by atoms with E-state index in [1.807, 2.05) is 37.0 Å². The van der Waals surface area contributed by atoms with Gasteiger partial charge in [0.1, 0.15) is 11.9 Å². The minimum atomic E-state index is -0.407. The number of aromatic nitrogens is 2. The highest BCUT2D eigenvalue weighted by Gasteiger charge is 2.34. The van der Waals surface area contributed by atoms with Crippen LogP contribution in [0.5, 0.6) is 0 Å². The number of carbonyl (C=O) groups is 2. The monoisotopic (exact) mass is 439 g/mol. The van der Waals surface area contributed by atoms with E-state index in [4.69, 9.17) is 4.98 Å². The minimum absolute atomic E-state index is 0.0223. The highest BCUT2D eigenvalue weighted by atomic mass is 19.1. The Morgan fingerprint density at radius 3 is 2.44 bits per heavy atom. The first-order valence-electron chi connectivity index (χ1n) is 11.2. The maximum absolute atomic E-state index is 13.4. The van der Waals surface area contributed by atoms with Crippen molar-refractivity contribution in [2.45, 2.75) is 44.6 Å². The summed E-state index contributed by atoms with van der Waals surface area (Å²) in [5.74, 6) is 0.615. The number of benzene rings is 1. The molecular weight excluding hydrogens is 409 g/mol. The number of halogens is 1. The standard InChI is InChI=1S/C24H30FN5O2/c1-16(30-12-4-5-21(30)31)23(32)29-13-10-18(11-14-29)22-20(15-26-24(27-22)28(2)3)17-6-8-19(25)9-7-17/h6-9,15-16,18H,4-5,10-14H2,1-3H3. The van der Waals surface area contributed by atoms with E-state index in [9.17, 15) is 14.0 Å². The first-order valence-corrected chi connectivity index (χ1v) is 11.2. The van der Waals surface area contributed by atoms with Crippen molar-refractivity contribution >= 4 is 17.8 Å². The topological polar surface area (TPSA) is 69.6 Å². The molecule has 32 heavy (non-hydrogen) atoms. The predicted molar refractivity (Wildman–Crippen MR) is 121 cm³/mol. The average Bonchev–Trinajstić information content (AvgIpc) is 3.24. The smallest absolute Gasteiger partial charge is 0.245 e. The van der Waals surface area contributed by atoms with E-state index >= 15 is 0 Å². The van der Waals surface area contributed by atoms with E-state index in [1.54, 1.807) is 17.0 Å². The van der Waals surface area contributed by atoms with Crippen molar-refractivity contribution in [3.63, 3.8) is 0 Å². The molecule has 1 unspecified atom stereocenters. The molecule has 2 amide bonds. The number of hydrogen-bond donors (Lipinski definition) is 0. The van der Waals surface area contributed by atoms with Gasteiger partial charge in [0.2, 0.25) is 17.8 Å². The molecule has 3 heterocycles. The maximum Gasteiger partial charge on any atom is 0.245 e. The lowest BCUT2D eigenvalue weighted by Crippen LogP contribution is -2.49. The summed E-state index contributed by atoms with van der Waals surface area (Å²) in [6, 6.07) is 5.99. The Bertz CT molecular complexity index is 986. The summed E-state index contributed by atoms with van der Waals surface area (Å²) in [5, 5.41) is 0. The Hall–Kier alpha value is -3.03. The molecule has 8 heteroatoms. The van der Waals surface area contributed by atoms with Crippen LogP contribution >= 0.6 is 0 Å². The Morgan fingerprint density at radius 2 is 1.84 bits per heavy atom. The molecule has 0 N–H and O–H groups in total. The van der Waals surface area contributed by atoms with Gasteiger partial charge in [-0.3, -0.25) is 9.59 Å². The van der Waals surface area contributed by atoms with Crippen LogP contribution in [0.15, 0.2) is 30.5 Å². The molecule has 4 rings (SSSR count). The minimum Gasteiger partial charge on any atom is -0.347 e. The molecule has 7 nitrogen and oxygen atoms in total. The molecule has 0 radical (unpaired) electrons. The van der Waals surface area contributed by atoms with Crippen LogP contribution in [0.3, 0.4) is 0 Å². The Balaban J connectivity index is 1.52. The van der Waals surface area contributed by atoms with Gasteiger partial charge in [0, 0.05) is 57.8 Å². The molecule has 1 aromatic heterocycles. The number of amides is 2. The molecule has 2 saturated heterocycles. The molecule has 2 aromatic rings. The van der Waals surface area contributed by atoms with Crippen molar-refractivity contribution in [2.24, 2.45) is 0 Å². The van der Waals surface area contributed by atoms with Gasteiger partial charge in [-0.25, -0.2) is 14.4 Å². The lowest BCUT2D eigenvalue weighted by molar-refractivity contribution is -0.143. The third-order valence-electron chi connectivity index (χ3n) is 6.49. The number of carbonyl (C=O) groups excluding carboxylic acids is 2. The van der Waals surface area contributed by atoms with Gasteiger partial charge in [0.15, 0.2) is 0 Å². The fourth-order valence-electron chi connectivity index (χ4n) is 4.61. The molecule has 2 fully saturated rings. The summed E-state index contributed by atoms with van der Waals surface area (Å²) in [6.07, 6.45) is 4.73. The molecule has 170 valence electrons. The maximum atomic E-state index is 13.4. The summed E-state index contributed by atoms with van der Waals surface area (Å²) in [4.78, 5) is 39.8. The second kappa shape index (κ2) is 9.22. The van der Waals surface area contributed by atoms with E-state index in [-0.39, 0.29) is 23.5 Å². The molecule has 1 aromatic carbocycles. The summed E-state index contributed by atoms with van der Waals surface area (Å²) >= 11 is 0. The fourth-order valence-corrected chi connectivity index (χ4v) is 4.61. The SMILES string of the molecule is CC(C(=O)N1CCC(c2nc(N(C)C)ncc2-c2ccc(F)cc2)CC1)N1CCCC1=O. The van der Waals surface area contributed by atoms with Crippen molar-refractivity contribution in [3.05, 3.63) is 42.0 Å². The van der Waals surface area contributed by atoms with Crippen molar-refractivity contribution < 1.29 is 14.0 Å². The second-order valence-electron chi connectivity index (χ2n) is 8.84. The average molecular weight is 440 g/mol. The molecule has 0 spiro atoms. The molecule has 0 saturated carbocycles. The molecule has 0 bridgehead atoms. The van der Waals surface area contributed by atoms with Crippen LogP contribution in [0.1, 0.15) is 44.2 Å². The lowest BCUT2D eigenvalue weighted by Gasteiger charge is -2.36. The summed E-state index contributed by atoms with van der Waals surface area (Å²) < 4.78 is 13.4. The van der Waals surface area contributed by atoms with E-state index in [0.717, 1.165) is 36.1 Å². The quantitative estimate of drug-likeness (QED) is 0.716. The Labute approximate surface area is 188 Å². The van der Waals surface area contributed by atoms with Crippen LogP contribution in [0, 0.1) is 5.82 Å². The fraction of sp³-hybridized carbons (Fsp3) is 0.500. The van der Waals surface area contributed by atoms with Crippen LogP contribution in [-0.2, 0) is 9.59 Å². The number of hydrogen-bond acceptors (Lipinski definition) is 5. The van der Waals surface area contributed by atoms with Crippen LogP contribution in [0.4, 0.5) is 10.3 Å². The van der Waals surface area contributed by atoms with Crippen LogP contribution in [0.25, 0.3) is 11.1 Å². The Kier molecular flexibility index (Phi) is 6.39. The molecule has 0 aliphatic carbocycles. The number of anilines is 1. The van der Waals surface area contributed by atoms with Gasteiger partial charge in [-0.15, -0.1) is 0 Å². The highest BCUT2D eigenvalue weighted by Crippen LogP contribution is 2.35. The lowest BCUT2D eigenvalue weighted by atomic mass is 9.88. The number of nitrogens with zero attached hydrogens (tertiary/aromatic N) is 5. The van der Waals surface area contributed by atoms with Crippen molar-refractivity contribution in [1.82, 2.24) is 19.8 Å². The zero-order valence-corrected chi connectivity index (χ0v) is 18.9. The van der Waals surface area contributed by atoms with Crippen molar-refractivity contribution in [3.8, 4) is 11.1 Å². The first-order chi connectivity index (χ1) is 15.3. The van der Waals surface area contributed by atoms with Crippen LogP contribution in [0.2, 0.25) is 0 Å². The van der Waals surface area contributed by atoms with Gasteiger partial charge in [-0.05, 0) is 43.9 Å². The first kappa shape index (κ1) is 22.2. The molecule has 2 aliphatic heterocycles.